The first-order chi connectivity index (χ1) is 34.6. The molecule has 0 aliphatic rings. The Labute approximate surface area is 404 Å². The van der Waals surface area contributed by atoms with Gasteiger partial charge in [0.05, 0.1) is 22.7 Å². The van der Waals surface area contributed by atoms with E-state index in [2.05, 4.69) is 242 Å². The summed E-state index contributed by atoms with van der Waals surface area (Å²) in [5.74, 6) is 0. The summed E-state index contributed by atoms with van der Waals surface area (Å²) in [6.07, 6.45) is 0. The maximum atomic E-state index is 6.83. The lowest BCUT2D eigenvalue weighted by Crippen LogP contribution is -2.13. The zero-order chi connectivity index (χ0) is 46.5. The highest BCUT2D eigenvalue weighted by Gasteiger charge is 2.27. The highest BCUT2D eigenvalue weighted by molar-refractivity contribution is 6.29. The van der Waals surface area contributed by atoms with E-state index in [1.165, 1.54) is 43.8 Å². The average Bonchev–Trinajstić information content (AvgIpc) is 4.00. The van der Waals surface area contributed by atoms with E-state index >= 15 is 0 Å². The van der Waals surface area contributed by atoms with Crippen LogP contribution in [0.2, 0.25) is 0 Å². The minimum Gasteiger partial charge on any atom is -0.454 e. The summed E-state index contributed by atoms with van der Waals surface area (Å²) in [4.78, 5) is 4.85. The number of para-hydroxylation sites is 4. The Morgan fingerprint density at radius 1 is 0.271 bits per heavy atom. The van der Waals surface area contributed by atoms with E-state index in [0.717, 1.165) is 99.9 Å². The van der Waals surface area contributed by atoms with Gasteiger partial charge in [-0.2, -0.15) is 0 Å². The normalized spacial score (nSPS) is 11.9. The van der Waals surface area contributed by atoms with E-state index in [1.807, 2.05) is 12.1 Å². The van der Waals surface area contributed by atoms with Crippen LogP contribution in [0.5, 0.6) is 0 Å². The minimum absolute atomic E-state index is 0.854. The maximum absolute atomic E-state index is 6.83. The molecule has 0 unspecified atom stereocenters. The molecule has 14 rings (SSSR count). The lowest BCUT2D eigenvalue weighted by atomic mass is 9.91. The highest BCUT2D eigenvalue weighted by Crippen LogP contribution is 2.51. The van der Waals surface area contributed by atoms with E-state index in [0.29, 0.717) is 0 Å². The molecule has 14 aromatic rings. The smallest absolute Gasteiger partial charge is 0.159 e. The molecule has 4 nitrogen and oxygen atoms in total. The number of rotatable bonds is 8. The predicted octanol–water partition coefficient (Wildman–Crippen LogP) is 19.3. The van der Waals surface area contributed by atoms with Gasteiger partial charge in [-0.3, -0.25) is 0 Å². The number of hydrogen-bond acceptors (Lipinski definition) is 4. The maximum Gasteiger partial charge on any atom is 0.159 e. The third-order valence-corrected chi connectivity index (χ3v) is 14.4. The average molecular weight is 897 g/mol. The molecule has 12 aromatic carbocycles. The Kier molecular flexibility index (Phi) is 8.99. The first-order valence-electron chi connectivity index (χ1n) is 24.0. The van der Waals surface area contributed by atoms with Crippen LogP contribution in [0.1, 0.15) is 11.1 Å². The summed E-state index contributed by atoms with van der Waals surface area (Å²) in [6.45, 7) is 4.45. The quantitative estimate of drug-likeness (QED) is 0.142. The number of aryl methyl sites for hydroxylation is 2. The van der Waals surface area contributed by atoms with Crippen LogP contribution in [-0.2, 0) is 0 Å². The van der Waals surface area contributed by atoms with Gasteiger partial charge in [-0.1, -0.05) is 170 Å². The van der Waals surface area contributed by atoms with Gasteiger partial charge < -0.3 is 18.6 Å². The van der Waals surface area contributed by atoms with Crippen molar-refractivity contribution in [2.24, 2.45) is 0 Å². The van der Waals surface area contributed by atoms with Crippen LogP contribution in [0.4, 0.5) is 34.1 Å². The molecular formula is C66H44N2O2. The summed E-state index contributed by atoms with van der Waals surface area (Å²) in [5, 5.41) is 11.5. The van der Waals surface area contributed by atoms with E-state index in [9.17, 15) is 0 Å². The number of furan rings is 2. The van der Waals surface area contributed by atoms with Crippen LogP contribution in [0.25, 0.3) is 98.4 Å². The lowest BCUT2D eigenvalue weighted by molar-refractivity contribution is 0.668. The molecule has 70 heavy (non-hydrogen) atoms. The van der Waals surface area contributed by atoms with Crippen molar-refractivity contribution < 1.29 is 8.83 Å². The zero-order valence-corrected chi connectivity index (χ0v) is 38.7. The standard InChI is InChI=1S/C66H44N2O2/c1-41-39-47(43-15-5-3-6-16-43)31-35-55(41)67(59-23-13-21-51-49-19-9-11-25-61(49)69-65(51)59)57-37-29-45-28-34-54-58(38-30-46-27-33-53(57)63(45)64(46)54)68(56-36-32-48(40-42(56)2)44-17-7-4-8-18-44)60-24-14-22-52-50-20-10-12-26-62(50)70-66(52)60/h3-40H,1-2H3. The van der Waals surface area contributed by atoms with Crippen molar-refractivity contribution in [1.82, 2.24) is 0 Å². The molecule has 0 saturated heterocycles. The molecule has 0 fully saturated rings. The number of anilines is 6. The Balaban J connectivity index is 1.02. The fourth-order valence-electron chi connectivity index (χ4n) is 11.2. The molecule has 330 valence electrons. The van der Waals surface area contributed by atoms with Crippen LogP contribution in [-0.4, -0.2) is 0 Å². The molecule has 0 bridgehead atoms. The number of hydrogen-bond donors (Lipinski definition) is 0. The van der Waals surface area contributed by atoms with Crippen molar-refractivity contribution in [3.63, 3.8) is 0 Å². The summed E-state index contributed by atoms with van der Waals surface area (Å²) in [6, 6.07) is 83.1. The fraction of sp³-hybridized carbons (Fsp3) is 0.0303. The molecule has 0 aliphatic heterocycles. The molecule has 0 spiro atoms. The van der Waals surface area contributed by atoms with E-state index in [-0.39, 0.29) is 0 Å². The zero-order valence-electron chi connectivity index (χ0n) is 38.7. The van der Waals surface area contributed by atoms with E-state index < -0.39 is 0 Å². The van der Waals surface area contributed by atoms with Gasteiger partial charge in [-0.15, -0.1) is 0 Å². The number of fused-ring (bicyclic) bond motifs is 6. The first kappa shape index (κ1) is 40.0. The highest BCUT2D eigenvalue weighted by atomic mass is 16.3. The van der Waals surface area contributed by atoms with Crippen molar-refractivity contribution in [2.45, 2.75) is 13.8 Å². The summed E-state index contributed by atoms with van der Waals surface area (Å²) >= 11 is 0. The minimum atomic E-state index is 0.854. The first-order valence-corrected chi connectivity index (χ1v) is 24.0. The second-order valence-electron chi connectivity index (χ2n) is 18.5. The van der Waals surface area contributed by atoms with Crippen molar-refractivity contribution in [2.75, 3.05) is 9.80 Å². The molecule has 4 heteroatoms. The summed E-state index contributed by atoms with van der Waals surface area (Å²) < 4.78 is 13.7. The monoisotopic (exact) mass is 896 g/mol. The van der Waals surface area contributed by atoms with Crippen molar-refractivity contribution in [1.29, 1.82) is 0 Å². The molecule has 0 radical (unpaired) electrons. The van der Waals surface area contributed by atoms with Crippen LogP contribution >= 0.6 is 0 Å². The van der Waals surface area contributed by atoms with Crippen molar-refractivity contribution in [3.05, 3.63) is 242 Å². The lowest BCUT2D eigenvalue weighted by Gasteiger charge is -2.30. The largest absolute Gasteiger partial charge is 0.454 e. The third kappa shape index (κ3) is 6.16. The van der Waals surface area contributed by atoms with E-state index in [1.54, 1.807) is 0 Å². The van der Waals surface area contributed by atoms with Crippen LogP contribution < -0.4 is 9.80 Å². The summed E-state index contributed by atoms with van der Waals surface area (Å²) in [7, 11) is 0. The van der Waals surface area contributed by atoms with Crippen LogP contribution in [0.3, 0.4) is 0 Å². The fourth-order valence-corrected chi connectivity index (χ4v) is 11.2. The molecule has 2 aromatic heterocycles. The molecule has 2 heterocycles. The van der Waals surface area contributed by atoms with Gasteiger partial charge in [0.25, 0.3) is 0 Å². The van der Waals surface area contributed by atoms with Gasteiger partial charge in [-0.25, -0.2) is 0 Å². The molecule has 0 N–H and O–H groups in total. The predicted molar refractivity (Wildman–Crippen MR) is 294 cm³/mol. The number of benzene rings is 12. The van der Waals surface area contributed by atoms with E-state index in [4.69, 9.17) is 8.83 Å². The Bertz CT molecular complexity index is 4060. The van der Waals surface area contributed by atoms with Gasteiger partial charge in [0, 0.05) is 43.7 Å². The van der Waals surface area contributed by atoms with Gasteiger partial charge in [0.1, 0.15) is 11.2 Å². The van der Waals surface area contributed by atoms with Crippen LogP contribution in [0.15, 0.2) is 239 Å². The number of nitrogens with zero attached hydrogens (tertiary/aromatic N) is 2. The topological polar surface area (TPSA) is 32.8 Å². The second-order valence-corrected chi connectivity index (χ2v) is 18.5. The SMILES string of the molecule is Cc1cc(-c2ccccc2)ccc1N(c1ccc2ccc3c(N(c4ccc(-c5ccccc5)cc4C)c4cccc5c4oc4ccccc45)ccc4ccc1c2c43)c1cccc2c1oc1ccccc12. The van der Waals surface area contributed by atoms with Gasteiger partial charge in [0.2, 0.25) is 0 Å². The van der Waals surface area contributed by atoms with Crippen LogP contribution in [0, 0.1) is 13.8 Å². The summed E-state index contributed by atoms with van der Waals surface area (Å²) in [5.41, 5.74) is 16.8. The second kappa shape index (κ2) is 15.7. The molecular weight excluding hydrogens is 853 g/mol. The van der Waals surface area contributed by atoms with Gasteiger partial charge in [-0.05, 0) is 129 Å². The van der Waals surface area contributed by atoms with Crippen molar-refractivity contribution in [3.8, 4) is 22.3 Å². The molecule has 0 amide bonds. The third-order valence-electron chi connectivity index (χ3n) is 14.4. The molecule has 0 atom stereocenters. The van der Waals surface area contributed by atoms with Crippen molar-refractivity contribution >= 4 is 110 Å². The molecule has 0 aliphatic carbocycles. The Morgan fingerprint density at radius 2 is 0.657 bits per heavy atom. The van der Waals surface area contributed by atoms with Gasteiger partial charge in [0.15, 0.2) is 11.2 Å². The molecule has 0 saturated carbocycles. The Morgan fingerprint density at radius 3 is 1.10 bits per heavy atom. The van der Waals surface area contributed by atoms with Gasteiger partial charge >= 0.3 is 0 Å². The Hall–Kier alpha value is -9.12.